The van der Waals surface area contributed by atoms with Crippen LogP contribution in [0.2, 0.25) is 0 Å². The Morgan fingerprint density at radius 2 is 1.84 bits per heavy atom. The Labute approximate surface area is 148 Å². The highest BCUT2D eigenvalue weighted by molar-refractivity contribution is 6.06. The average Bonchev–Trinajstić information content (AvgIpc) is 3.15. The monoisotopic (exact) mass is 341 g/mol. The van der Waals surface area contributed by atoms with E-state index in [9.17, 15) is 9.59 Å². The van der Waals surface area contributed by atoms with Gasteiger partial charge in [-0.2, -0.15) is 0 Å². The molecule has 134 valence electrons. The maximum absolute atomic E-state index is 12.8. The Kier molecular flexibility index (Phi) is 5.87. The second kappa shape index (κ2) is 8.30. The Balaban J connectivity index is 1.89. The van der Waals surface area contributed by atoms with Gasteiger partial charge in [0.2, 0.25) is 0 Å². The van der Waals surface area contributed by atoms with Crippen LogP contribution < -0.4 is 10.9 Å². The molecule has 5 heteroatoms. The number of fused-ring (bicyclic) bond motifs is 1. The molecule has 5 nitrogen and oxygen atoms in total. The number of nitrogens with zero attached hydrogens (tertiary/aromatic N) is 2. The molecule has 2 aromatic rings. The van der Waals surface area contributed by atoms with Crippen LogP contribution in [0, 0.1) is 0 Å². The van der Waals surface area contributed by atoms with Gasteiger partial charge in [0, 0.05) is 36.6 Å². The van der Waals surface area contributed by atoms with Gasteiger partial charge >= 0.3 is 0 Å². The number of benzene rings is 1. The lowest BCUT2D eigenvalue weighted by Gasteiger charge is -2.17. The SMILES string of the molecule is CCCCNC(=O)c1cn(CCN2CCCC2)c(=O)c2ccccc12. The second-order valence-electron chi connectivity index (χ2n) is 6.75. The lowest BCUT2D eigenvalue weighted by atomic mass is 10.1. The fraction of sp³-hybridized carbons (Fsp3) is 0.500. The lowest BCUT2D eigenvalue weighted by Crippen LogP contribution is -2.31. The van der Waals surface area contributed by atoms with Gasteiger partial charge in [0.25, 0.3) is 11.5 Å². The topological polar surface area (TPSA) is 54.3 Å². The first kappa shape index (κ1) is 17.7. The van der Waals surface area contributed by atoms with E-state index in [0.29, 0.717) is 24.0 Å². The zero-order chi connectivity index (χ0) is 17.6. The van der Waals surface area contributed by atoms with Crippen molar-refractivity contribution in [3.05, 3.63) is 46.4 Å². The third kappa shape index (κ3) is 4.10. The molecule has 0 bridgehead atoms. The number of aromatic nitrogens is 1. The van der Waals surface area contributed by atoms with E-state index in [1.807, 2.05) is 24.3 Å². The molecule has 1 amide bonds. The van der Waals surface area contributed by atoms with Crippen molar-refractivity contribution in [2.75, 3.05) is 26.2 Å². The van der Waals surface area contributed by atoms with E-state index < -0.39 is 0 Å². The van der Waals surface area contributed by atoms with E-state index >= 15 is 0 Å². The Bertz CT molecular complexity index is 791. The van der Waals surface area contributed by atoms with Gasteiger partial charge in [-0.1, -0.05) is 31.5 Å². The van der Waals surface area contributed by atoms with Crippen LogP contribution in [0.3, 0.4) is 0 Å². The minimum atomic E-state index is -0.0976. The molecule has 0 unspecified atom stereocenters. The molecule has 1 aromatic heterocycles. The summed E-state index contributed by atoms with van der Waals surface area (Å²) in [6, 6.07) is 7.40. The number of carbonyl (C=O) groups excluding carboxylic acids is 1. The van der Waals surface area contributed by atoms with Crippen LogP contribution in [0.4, 0.5) is 0 Å². The second-order valence-corrected chi connectivity index (χ2v) is 6.75. The van der Waals surface area contributed by atoms with E-state index in [0.717, 1.165) is 37.9 Å². The number of likely N-dealkylation sites (tertiary alicyclic amines) is 1. The molecule has 3 rings (SSSR count). The fourth-order valence-electron chi connectivity index (χ4n) is 3.42. The molecule has 1 saturated heterocycles. The van der Waals surface area contributed by atoms with Gasteiger partial charge in [0.1, 0.15) is 0 Å². The Morgan fingerprint density at radius 1 is 1.12 bits per heavy atom. The molecule has 0 atom stereocenters. The molecule has 2 heterocycles. The van der Waals surface area contributed by atoms with Gasteiger partial charge in [0.05, 0.1) is 5.56 Å². The molecule has 0 radical (unpaired) electrons. The van der Waals surface area contributed by atoms with Gasteiger partial charge in [-0.15, -0.1) is 0 Å². The van der Waals surface area contributed by atoms with Crippen molar-refractivity contribution in [3.8, 4) is 0 Å². The standard InChI is InChI=1S/C20H27N3O2/c1-2-3-10-21-19(24)18-15-23(14-13-22-11-6-7-12-22)20(25)17-9-5-4-8-16(17)18/h4-5,8-9,15H,2-3,6-7,10-14H2,1H3,(H,21,24). The molecule has 25 heavy (non-hydrogen) atoms. The number of nitrogens with one attached hydrogen (secondary N) is 1. The van der Waals surface area contributed by atoms with Crippen molar-refractivity contribution in [2.24, 2.45) is 0 Å². The highest BCUT2D eigenvalue weighted by Gasteiger charge is 2.16. The first-order valence-electron chi connectivity index (χ1n) is 9.33. The smallest absolute Gasteiger partial charge is 0.258 e. The third-order valence-corrected chi connectivity index (χ3v) is 4.91. The minimum Gasteiger partial charge on any atom is -0.352 e. The number of amides is 1. The van der Waals surface area contributed by atoms with E-state index in [1.54, 1.807) is 10.8 Å². The average molecular weight is 341 g/mol. The van der Waals surface area contributed by atoms with Crippen LogP contribution in [0.5, 0.6) is 0 Å². The summed E-state index contributed by atoms with van der Waals surface area (Å²) in [5.74, 6) is -0.0976. The largest absolute Gasteiger partial charge is 0.352 e. The van der Waals surface area contributed by atoms with Gasteiger partial charge in [0.15, 0.2) is 0 Å². The molecule has 1 aliphatic rings. The molecule has 0 aliphatic carbocycles. The molecular formula is C20H27N3O2. The van der Waals surface area contributed by atoms with Crippen LogP contribution in [0.15, 0.2) is 35.3 Å². The third-order valence-electron chi connectivity index (χ3n) is 4.91. The number of hydrogen-bond acceptors (Lipinski definition) is 3. The van der Waals surface area contributed by atoms with Crippen molar-refractivity contribution in [3.63, 3.8) is 0 Å². The Morgan fingerprint density at radius 3 is 2.56 bits per heavy atom. The van der Waals surface area contributed by atoms with Gasteiger partial charge < -0.3 is 14.8 Å². The van der Waals surface area contributed by atoms with Gasteiger partial charge in [-0.3, -0.25) is 9.59 Å². The number of hydrogen-bond donors (Lipinski definition) is 1. The maximum Gasteiger partial charge on any atom is 0.258 e. The summed E-state index contributed by atoms with van der Waals surface area (Å²) < 4.78 is 1.70. The fourth-order valence-corrected chi connectivity index (χ4v) is 3.42. The molecule has 1 aliphatic heterocycles. The normalized spacial score (nSPS) is 14.9. The van der Waals surface area contributed by atoms with Crippen molar-refractivity contribution < 1.29 is 4.79 Å². The summed E-state index contributed by atoms with van der Waals surface area (Å²) in [4.78, 5) is 27.8. The Hall–Kier alpha value is -2.14. The number of pyridine rings is 1. The van der Waals surface area contributed by atoms with Crippen LogP contribution in [0.1, 0.15) is 43.0 Å². The van der Waals surface area contributed by atoms with E-state index in [-0.39, 0.29) is 11.5 Å². The highest BCUT2D eigenvalue weighted by atomic mass is 16.2. The highest BCUT2D eigenvalue weighted by Crippen LogP contribution is 2.16. The van der Waals surface area contributed by atoms with Crippen LogP contribution in [0.25, 0.3) is 10.8 Å². The van der Waals surface area contributed by atoms with E-state index in [1.165, 1.54) is 12.8 Å². The van der Waals surface area contributed by atoms with Crippen LogP contribution in [-0.2, 0) is 6.54 Å². The molecule has 0 spiro atoms. The van der Waals surface area contributed by atoms with Crippen molar-refractivity contribution in [2.45, 2.75) is 39.2 Å². The van der Waals surface area contributed by atoms with Crippen molar-refractivity contribution in [1.29, 1.82) is 0 Å². The van der Waals surface area contributed by atoms with Crippen LogP contribution in [-0.4, -0.2) is 41.6 Å². The summed E-state index contributed by atoms with van der Waals surface area (Å²) >= 11 is 0. The molecule has 0 saturated carbocycles. The molecule has 1 fully saturated rings. The van der Waals surface area contributed by atoms with E-state index in [4.69, 9.17) is 0 Å². The van der Waals surface area contributed by atoms with Gasteiger partial charge in [-0.05, 0) is 38.4 Å². The summed E-state index contributed by atoms with van der Waals surface area (Å²) in [6.07, 6.45) is 6.20. The van der Waals surface area contributed by atoms with Crippen molar-refractivity contribution >= 4 is 16.7 Å². The maximum atomic E-state index is 12.8. The zero-order valence-electron chi connectivity index (χ0n) is 15.0. The summed E-state index contributed by atoms with van der Waals surface area (Å²) in [7, 11) is 0. The molecule has 1 aromatic carbocycles. The van der Waals surface area contributed by atoms with Crippen LogP contribution >= 0.6 is 0 Å². The number of rotatable bonds is 7. The predicted octanol–water partition coefficient (Wildman–Crippen LogP) is 2.63. The summed E-state index contributed by atoms with van der Waals surface area (Å²) in [5, 5.41) is 4.32. The van der Waals surface area contributed by atoms with Gasteiger partial charge in [-0.25, -0.2) is 0 Å². The first-order valence-corrected chi connectivity index (χ1v) is 9.33. The van der Waals surface area contributed by atoms with Crippen molar-refractivity contribution in [1.82, 2.24) is 14.8 Å². The number of carbonyl (C=O) groups is 1. The summed E-state index contributed by atoms with van der Waals surface area (Å²) in [5.41, 5.74) is 0.577. The number of unbranched alkanes of at least 4 members (excludes halogenated alkanes) is 1. The zero-order valence-corrected chi connectivity index (χ0v) is 15.0. The first-order chi connectivity index (χ1) is 12.2. The minimum absolute atomic E-state index is 0.0140. The lowest BCUT2D eigenvalue weighted by molar-refractivity contribution is 0.0954. The molecule has 1 N–H and O–H groups in total. The molecular weight excluding hydrogens is 314 g/mol. The summed E-state index contributed by atoms with van der Waals surface area (Å²) in [6.45, 7) is 6.45. The quantitative estimate of drug-likeness (QED) is 0.788. The van der Waals surface area contributed by atoms with E-state index in [2.05, 4.69) is 17.1 Å². The predicted molar refractivity (Wildman–Crippen MR) is 101 cm³/mol.